The van der Waals surface area contributed by atoms with Crippen molar-refractivity contribution in [1.82, 2.24) is 0 Å². The van der Waals surface area contributed by atoms with E-state index in [4.69, 9.17) is 62.7 Å². The number of aliphatic hydroxyl groups excluding tert-OH is 3. The molecule has 0 aliphatic carbocycles. The van der Waals surface area contributed by atoms with E-state index < -0.39 is 0 Å². The minimum atomic E-state index is 0. The molecule has 0 aliphatic heterocycles. The molecule has 0 atom stereocenters. The molecule has 0 bridgehead atoms. The largest absolute Gasteiger partial charge is 1.00 e. The minimum Gasteiger partial charge on any atom is -1.00 e. The number of rotatable bonds is 30. The van der Waals surface area contributed by atoms with Gasteiger partial charge in [-0.25, -0.2) is 0 Å². The zero-order valence-electron chi connectivity index (χ0n) is 29.2. The summed E-state index contributed by atoms with van der Waals surface area (Å²) < 4.78 is 50.4. The molecule has 0 unspecified atom stereocenters. The number of aliphatic hydroxyl groups is 3. The number of methoxy groups -OCH3 is 2. The molecule has 0 amide bonds. The summed E-state index contributed by atoms with van der Waals surface area (Å²) in [5, 5.41) is 24.5. The van der Waals surface area contributed by atoms with Gasteiger partial charge in [-0.15, -0.1) is 0 Å². The average Bonchev–Trinajstić information content (AvgIpc) is 3.05. The molecule has 0 aromatic carbocycles. The van der Waals surface area contributed by atoms with Crippen molar-refractivity contribution in [3.05, 3.63) is 0 Å². The van der Waals surface area contributed by atoms with Crippen LogP contribution in [-0.4, -0.2) is 174 Å². The molecule has 0 radical (unpaired) electrons. The fourth-order valence-electron chi connectivity index (χ4n) is 2.19. The molecule has 0 aromatic heterocycles. The number of ether oxygens (including phenoxy) is 10. The lowest BCUT2D eigenvalue weighted by atomic mass is 10.5. The van der Waals surface area contributed by atoms with Crippen molar-refractivity contribution >= 4 is 15.9 Å². The highest BCUT2D eigenvalue weighted by atomic mass is 79.9. The van der Waals surface area contributed by atoms with Crippen LogP contribution in [0.4, 0.5) is 0 Å². The Kier molecular flexibility index (Phi) is 89.3. The average molecular weight is 737 g/mol. The van der Waals surface area contributed by atoms with Gasteiger partial charge in [0.1, 0.15) is 0 Å². The van der Waals surface area contributed by atoms with E-state index in [1.165, 1.54) is 0 Å². The second kappa shape index (κ2) is 70.3. The zero-order chi connectivity index (χ0) is 34.0. The number of hydrogen-bond donors (Lipinski definition) is 3. The molecule has 13 nitrogen and oxygen atoms in total. The van der Waals surface area contributed by atoms with Gasteiger partial charge in [-0.05, 0) is 19.3 Å². The van der Waals surface area contributed by atoms with Gasteiger partial charge in [0.2, 0.25) is 0 Å². The van der Waals surface area contributed by atoms with Crippen LogP contribution in [0, 0.1) is 0 Å². The molecule has 0 heterocycles. The van der Waals surface area contributed by atoms with E-state index in [9.17, 15) is 0 Å². The van der Waals surface area contributed by atoms with Gasteiger partial charge < -0.3 is 67.4 Å². The van der Waals surface area contributed by atoms with Gasteiger partial charge in [-0.2, -0.15) is 0 Å². The smallest absolute Gasteiger partial charge is 0.0701 e. The molecular weight excluding hydrogens is 667 g/mol. The van der Waals surface area contributed by atoms with Gasteiger partial charge in [0.25, 0.3) is 0 Å². The van der Waals surface area contributed by atoms with Crippen molar-refractivity contribution in [3.63, 3.8) is 0 Å². The van der Waals surface area contributed by atoms with Crippen LogP contribution in [0.15, 0.2) is 0 Å². The summed E-state index contributed by atoms with van der Waals surface area (Å²) in [6.07, 6.45) is 3.19. The molecule has 0 saturated carbocycles. The van der Waals surface area contributed by atoms with Gasteiger partial charge in [0.15, 0.2) is 0 Å². The van der Waals surface area contributed by atoms with Gasteiger partial charge in [-0.3, -0.25) is 0 Å². The van der Waals surface area contributed by atoms with Crippen LogP contribution >= 0.6 is 15.9 Å². The van der Waals surface area contributed by atoms with E-state index in [0.29, 0.717) is 85.9 Å². The Balaban J connectivity index is -0.000000110. The Morgan fingerprint density at radius 2 is 0.600 bits per heavy atom. The molecule has 0 saturated heterocycles. The standard InChI is InChI=1S/C8H18O3.C7H15BrO2.C7H16O4.C7H16O3.CH4O.FH/c1-3-4-10-7-8-11-6-5-9-2;1-2-4-9-6-7-10-5-3-8;1-9-4-5-11-7-6-10-3-2-8;1-2-4-9-6-7-10-5-3-8;1-2;/h3-8H2,1-2H3;2-7H2,1H3;8H,2-7H2,1H3;8H,2-7H2,1H3;2H,1H3;1H/p-1. The summed E-state index contributed by atoms with van der Waals surface area (Å²) in [5.74, 6) is 0. The SMILES string of the molecule is CCCOCCOCCBr.CCCOCCOCCO.CCCOCCOCCOC.CO.COCCOCCOCCO.[F-]. The lowest BCUT2D eigenvalue weighted by molar-refractivity contribution is -0.0000157. The first-order valence-electron chi connectivity index (χ1n) is 15.5. The molecule has 0 fully saturated rings. The summed E-state index contributed by atoms with van der Waals surface area (Å²) in [6.45, 7) is 18.1. The van der Waals surface area contributed by atoms with Crippen LogP contribution in [0.25, 0.3) is 0 Å². The molecule has 15 heteroatoms. The van der Waals surface area contributed by atoms with Crippen LogP contribution in [-0.2, 0) is 47.4 Å². The second-order valence-electron chi connectivity index (χ2n) is 8.02. The van der Waals surface area contributed by atoms with E-state index in [1.807, 2.05) is 0 Å². The Bertz CT molecular complexity index is 332. The highest BCUT2D eigenvalue weighted by Crippen LogP contribution is 1.85. The fraction of sp³-hybridized carbons (Fsp3) is 1.00. The van der Waals surface area contributed by atoms with Gasteiger partial charge in [-0.1, -0.05) is 36.7 Å². The van der Waals surface area contributed by atoms with E-state index >= 15 is 0 Å². The fourth-order valence-corrected chi connectivity index (χ4v) is 2.42. The quantitative estimate of drug-likeness (QED) is 0.0649. The molecule has 0 rings (SSSR count). The zero-order valence-corrected chi connectivity index (χ0v) is 30.7. The highest BCUT2D eigenvalue weighted by molar-refractivity contribution is 9.09. The van der Waals surface area contributed by atoms with Crippen molar-refractivity contribution in [1.29, 1.82) is 0 Å². The minimum absolute atomic E-state index is 0. The lowest BCUT2D eigenvalue weighted by Gasteiger charge is -2.03. The van der Waals surface area contributed by atoms with Crippen molar-refractivity contribution < 1.29 is 67.4 Å². The van der Waals surface area contributed by atoms with E-state index in [1.54, 1.807) is 14.2 Å². The number of hydrogen-bond acceptors (Lipinski definition) is 13. The highest BCUT2D eigenvalue weighted by Gasteiger charge is 1.89. The van der Waals surface area contributed by atoms with Crippen LogP contribution in [0.5, 0.6) is 0 Å². The maximum Gasteiger partial charge on any atom is 0.0701 e. The van der Waals surface area contributed by atoms with Crippen molar-refractivity contribution in [2.24, 2.45) is 0 Å². The van der Waals surface area contributed by atoms with Crippen molar-refractivity contribution in [3.8, 4) is 0 Å². The summed E-state index contributed by atoms with van der Waals surface area (Å²) in [7, 11) is 4.29. The normalized spacial score (nSPS) is 9.73. The number of halogens is 2. The molecule has 0 aromatic rings. The maximum absolute atomic E-state index is 8.32. The van der Waals surface area contributed by atoms with Crippen molar-refractivity contribution in [2.45, 2.75) is 40.0 Å². The molecular formula is C30H69BrFO13-. The van der Waals surface area contributed by atoms with Gasteiger partial charge in [0.05, 0.1) is 112 Å². The Hall–Kier alpha value is -0.110. The first-order chi connectivity index (χ1) is 21.7. The molecule has 282 valence electrons. The van der Waals surface area contributed by atoms with Crippen LogP contribution in [0.3, 0.4) is 0 Å². The molecule has 45 heavy (non-hydrogen) atoms. The molecule has 3 N–H and O–H groups in total. The molecule has 0 aliphatic rings. The summed E-state index contributed by atoms with van der Waals surface area (Å²) in [4.78, 5) is 0. The first kappa shape index (κ1) is 57.2. The third kappa shape index (κ3) is 86.2. The topological polar surface area (TPSA) is 153 Å². The van der Waals surface area contributed by atoms with Crippen molar-refractivity contribution in [2.75, 3.05) is 159 Å². The first-order valence-corrected chi connectivity index (χ1v) is 16.6. The predicted octanol–water partition coefficient (Wildman–Crippen LogP) is -0.407. The Morgan fingerprint density at radius 3 is 0.822 bits per heavy atom. The monoisotopic (exact) mass is 735 g/mol. The summed E-state index contributed by atoms with van der Waals surface area (Å²) in [6, 6.07) is 0. The molecule has 0 spiro atoms. The van der Waals surface area contributed by atoms with E-state index in [-0.39, 0.29) is 17.9 Å². The van der Waals surface area contributed by atoms with Gasteiger partial charge in [0, 0.05) is 46.5 Å². The van der Waals surface area contributed by atoms with E-state index in [0.717, 1.165) is 64.7 Å². The maximum atomic E-state index is 8.32. The lowest BCUT2D eigenvalue weighted by Crippen LogP contribution is -3.00. The van der Waals surface area contributed by atoms with E-state index in [2.05, 4.69) is 36.7 Å². The summed E-state index contributed by atoms with van der Waals surface area (Å²) in [5.41, 5.74) is 0. The number of alkyl halides is 1. The Labute approximate surface area is 281 Å². The second-order valence-corrected chi connectivity index (χ2v) is 8.81. The predicted molar refractivity (Wildman–Crippen MR) is 177 cm³/mol. The van der Waals surface area contributed by atoms with Crippen LogP contribution in [0.2, 0.25) is 0 Å². The van der Waals surface area contributed by atoms with Gasteiger partial charge >= 0.3 is 0 Å². The van der Waals surface area contributed by atoms with Crippen LogP contribution < -0.4 is 4.70 Å². The summed E-state index contributed by atoms with van der Waals surface area (Å²) >= 11 is 3.27. The Morgan fingerprint density at radius 1 is 0.378 bits per heavy atom. The third-order valence-electron chi connectivity index (χ3n) is 4.09. The van der Waals surface area contributed by atoms with Crippen LogP contribution in [0.1, 0.15) is 40.0 Å². The third-order valence-corrected chi connectivity index (χ3v) is 4.41.